The molecule has 2 aromatic rings. The summed E-state index contributed by atoms with van der Waals surface area (Å²) in [7, 11) is 1.48. The van der Waals surface area contributed by atoms with Gasteiger partial charge in [0.15, 0.2) is 11.5 Å². The van der Waals surface area contributed by atoms with Gasteiger partial charge in [0.05, 0.1) is 18.2 Å². The van der Waals surface area contributed by atoms with Crippen molar-refractivity contribution in [2.75, 3.05) is 13.7 Å². The molecule has 3 N–H and O–H groups in total. The molecule has 0 radical (unpaired) electrons. The van der Waals surface area contributed by atoms with Gasteiger partial charge in [0, 0.05) is 5.56 Å². The minimum absolute atomic E-state index is 0.205. The maximum atomic E-state index is 12.1. The molecule has 9 heteroatoms. The number of carbonyl (C=O) groups excluding carboxylic acids is 2. The summed E-state index contributed by atoms with van der Waals surface area (Å²) in [6.07, 6.45) is 0. The van der Waals surface area contributed by atoms with Crippen molar-refractivity contribution in [3.05, 3.63) is 45.1 Å². The first-order chi connectivity index (χ1) is 11.5. The lowest BCUT2D eigenvalue weighted by Gasteiger charge is -2.11. The maximum Gasteiger partial charge on any atom is 0.286 e. The summed E-state index contributed by atoms with van der Waals surface area (Å²) >= 11 is 8.99. The van der Waals surface area contributed by atoms with Crippen LogP contribution in [0.2, 0.25) is 5.15 Å². The van der Waals surface area contributed by atoms with Crippen molar-refractivity contribution in [3.63, 3.8) is 0 Å². The van der Waals surface area contributed by atoms with E-state index in [0.717, 1.165) is 0 Å². The summed E-state index contributed by atoms with van der Waals surface area (Å²) in [4.78, 5) is 26.7. The van der Waals surface area contributed by atoms with Crippen molar-refractivity contribution in [2.45, 2.75) is 6.92 Å². The molecule has 2 rings (SSSR count). The van der Waals surface area contributed by atoms with E-state index in [-0.39, 0.29) is 5.69 Å². The Labute approximate surface area is 151 Å². The number of rotatable bonds is 5. The first-order valence-electron chi connectivity index (χ1n) is 6.91. The lowest BCUT2D eigenvalue weighted by Crippen LogP contribution is -2.41. The summed E-state index contributed by atoms with van der Waals surface area (Å²) < 4.78 is 11.1. The third-order valence-corrected chi connectivity index (χ3v) is 4.14. The standard InChI is InChI=1S/C15H15BrClN3O4/c1-3-24-11-5-4-8(6-12(11)23-2)14(21)19-20-15(22)10-7-9(16)13(17)18-10/h4-7,18H,3H2,1-2H3,(H,19,21)(H,20,22). The van der Waals surface area contributed by atoms with E-state index >= 15 is 0 Å². The quantitative estimate of drug-likeness (QED) is 0.654. The summed E-state index contributed by atoms with van der Waals surface area (Å²) in [6.45, 7) is 2.33. The van der Waals surface area contributed by atoms with Crippen LogP contribution in [0.4, 0.5) is 0 Å². The molecule has 0 fully saturated rings. The van der Waals surface area contributed by atoms with Crippen LogP contribution in [0.3, 0.4) is 0 Å². The van der Waals surface area contributed by atoms with Crippen LogP contribution in [0.25, 0.3) is 0 Å². The molecule has 1 heterocycles. The molecule has 0 spiro atoms. The molecule has 2 amide bonds. The zero-order chi connectivity index (χ0) is 17.7. The van der Waals surface area contributed by atoms with Gasteiger partial charge in [-0.15, -0.1) is 0 Å². The highest BCUT2D eigenvalue weighted by Gasteiger charge is 2.14. The Kier molecular flexibility index (Phi) is 6.10. The first-order valence-corrected chi connectivity index (χ1v) is 8.08. The molecule has 0 unspecified atom stereocenters. The molecule has 0 saturated carbocycles. The molecule has 0 bridgehead atoms. The van der Waals surface area contributed by atoms with E-state index in [9.17, 15) is 9.59 Å². The highest BCUT2D eigenvalue weighted by Crippen LogP contribution is 2.28. The van der Waals surface area contributed by atoms with Crippen molar-refractivity contribution >= 4 is 39.3 Å². The van der Waals surface area contributed by atoms with Crippen molar-refractivity contribution in [1.82, 2.24) is 15.8 Å². The Morgan fingerprint density at radius 2 is 1.92 bits per heavy atom. The number of hydrogen-bond donors (Lipinski definition) is 3. The van der Waals surface area contributed by atoms with Gasteiger partial charge in [0.1, 0.15) is 10.8 Å². The average Bonchev–Trinajstić information content (AvgIpc) is 2.92. The molecule has 24 heavy (non-hydrogen) atoms. The van der Waals surface area contributed by atoms with E-state index < -0.39 is 11.8 Å². The van der Waals surface area contributed by atoms with Crippen molar-refractivity contribution in [2.24, 2.45) is 0 Å². The number of halogens is 2. The Morgan fingerprint density at radius 1 is 1.21 bits per heavy atom. The van der Waals surface area contributed by atoms with Gasteiger partial charge in [-0.1, -0.05) is 11.6 Å². The first kappa shape index (κ1) is 18.2. The molecule has 1 aromatic heterocycles. The fraction of sp³-hybridized carbons (Fsp3) is 0.200. The number of aromatic amines is 1. The van der Waals surface area contributed by atoms with Gasteiger partial charge in [-0.05, 0) is 47.1 Å². The minimum Gasteiger partial charge on any atom is -0.493 e. The molecule has 0 aliphatic rings. The Bertz CT molecular complexity index is 744. The predicted molar refractivity (Wildman–Crippen MR) is 92.6 cm³/mol. The lowest BCUT2D eigenvalue weighted by atomic mass is 10.2. The number of ether oxygens (including phenoxy) is 2. The molecular formula is C15H15BrClN3O4. The number of methoxy groups -OCH3 is 1. The smallest absolute Gasteiger partial charge is 0.286 e. The molecule has 0 aliphatic heterocycles. The zero-order valence-corrected chi connectivity index (χ0v) is 15.2. The molecule has 128 valence electrons. The number of carbonyl (C=O) groups is 2. The fourth-order valence-corrected chi connectivity index (χ4v) is 2.35. The summed E-state index contributed by atoms with van der Waals surface area (Å²) in [5, 5.41) is 0.294. The molecular weight excluding hydrogens is 402 g/mol. The van der Waals surface area contributed by atoms with Crippen LogP contribution in [-0.2, 0) is 0 Å². The third-order valence-electron chi connectivity index (χ3n) is 2.99. The molecule has 7 nitrogen and oxygen atoms in total. The van der Waals surface area contributed by atoms with Gasteiger partial charge >= 0.3 is 0 Å². The number of aromatic nitrogens is 1. The normalized spacial score (nSPS) is 10.2. The number of nitrogens with one attached hydrogen (secondary N) is 3. The number of hydrogen-bond acceptors (Lipinski definition) is 4. The van der Waals surface area contributed by atoms with Crippen LogP contribution >= 0.6 is 27.5 Å². The van der Waals surface area contributed by atoms with Crippen molar-refractivity contribution in [1.29, 1.82) is 0 Å². The second-order valence-corrected chi connectivity index (χ2v) is 5.78. The second-order valence-electron chi connectivity index (χ2n) is 4.55. The van der Waals surface area contributed by atoms with Crippen LogP contribution in [0.15, 0.2) is 28.7 Å². The fourth-order valence-electron chi connectivity index (χ4n) is 1.86. The Hall–Kier alpha value is -2.19. The van der Waals surface area contributed by atoms with Gasteiger partial charge in [0.25, 0.3) is 11.8 Å². The largest absolute Gasteiger partial charge is 0.493 e. The van der Waals surface area contributed by atoms with Gasteiger partial charge in [0.2, 0.25) is 0 Å². The third kappa shape index (κ3) is 4.21. The molecule has 0 atom stereocenters. The van der Waals surface area contributed by atoms with Gasteiger partial charge in [-0.3, -0.25) is 20.4 Å². The highest BCUT2D eigenvalue weighted by molar-refractivity contribution is 9.10. The summed E-state index contributed by atoms with van der Waals surface area (Å²) in [5.74, 6) is -0.0716. The maximum absolute atomic E-state index is 12.1. The van der Waals surface area contributed by atoms with Crippen molar-refractivity contribution in [3.8, 4) is 11.5 Å². The van der Waals surface area contributed by atoms with Crippen LogP contribution in [0, 0.1) is 0 Å². The summed E-state index contributed by atoms with van der Waals surface area (Å²) in [6, 6.07) is 6.22. The molecule has 1 aromatic carbocycles. The van der Waals surface area contributed by atoms with Gasteiger partial charge < -0.3 is 14.5 Å². The second kappa shape index (κ2) is 8.07. The SMILES string of the molecule is CCOc1ccc(C(=O)NNC(=O)c2cc(Br)c(Cl)[nH]2)cc1OC. The number of benzene rings is 1. The monoisotopic (exact) mass is 415 g/mol. The predicted octanol–water partition coefficient (Wildman–Crippen LogP) is 2.91. The van der Waals surface area contributed by atoms with Crippen LogP contribution in [0.5, 0.6) is 11.5 Å². The lowest BCUT2D eigenvalue weighted by molar-refractivity contribution is 0.0844. The van der Waals surface area contributed by atoms with E-state index in [2.05, 4.69) is 31.8 Å². The van der Waals surface area contributed by atoms with Gasteiger partial charge in [-0.2, -0.15) is 0 Å². The van der Waals surface area contributed by atoms with E-state index in [1.807, 2.05) is 6.92 Å². The average molecular weight is 417 g/mol. The summed E-state index contributed by atoms with van der Waals surface area (Å²) in [5.41, 5.74) is 5.12. The van der Waals surface area contributed by atoms with Crippen molar-refractivity contribution < 1.29 is 19.1 Å². The molecule has 0 saturated heterocycles. The Morgan fingerprint density at radius 3 is 2.50 bits per heavy atom. The topological polar surface area (TPSA) is 92.5 Å². The van der Waals surface area contributed by atoms with Gasteiger partial charge in [-0.25, -0.2) is 0 Å². The highest BCUT2D eigenvalue weighted by atomic mass is 79.9. The number of hydrazine groups is 1. The minimum atomic E-state index is -0.533. The Balaban J connectivity index is 2.03. The van der Waals surface area contributed by atoms with E-state index in [1.165, 1.54) is 19.2 Å². The van der Waals surface area contributed by atoms with Crippen LogP contribution in [0.1, 0.15) is 27.8 Å². The van der Waals surface area contributed by atoms with E-state index in [0.29, 0.717) is 33.3 Å². The zero-order valence-electron chi connectivity index (χ0n) is 12.9. The van der Waals surface area contributed by atoms with Crippen LogP contribution < -0.4 is 20.3 Å². The molecule has 0 aliphatic carbocycles. The van der Waals surface area contributed by atoms with E-state index in [4.69, 9.17) is 21.1 Å². The number of H-pyrrole nitrogens is 1. The number of amides is 2. The van der Waals surface area contributed by atoms with E-state index in [1.54, 1.807) is 12.1 Å². The van der Waals surface area contributed by atoms with Crippen LogP contribution in [-0.4, -0.2) is 30.5 Å².